The number of nitrogens with two attached hydrogens (primary N) is 1. The first-order valence-corrected chi connectivity index (χ1v) is 6.69. The molecule has 1 aromatic rings. The monoisotopic (exact) mass is 259 g/mol. The van der Waals surface area contributed by atoms with Crippen molar-refractivity contribution in [3.8, 4) is 6.07 Å². The van der Waals surface area contributed by atoms with Crippen LogP contribution in [-0.2, 0) is 10.3 Å². The Hall–Kier alpha value is -1.41. The summed E-state index contributed by atoms with van der Waals surface area (Å²) in [5, 5.41) is 9.39. The van der Waals surface area contributed by atoms with Crippen molar-refractivity contribution >= 4 is 0 Å². The molecule has 2 unspecified atom stereocenters. The van der Waals surface area contributed by atoms with Gasteiger partial charge in [-0.3, -0.25) is 0 Å². The van der Waals surface area contributed by atoms with Crippen LogP contribution in [0.3, 0.4) is 0 Å². The maximum absolute atomic E-state index is 9.39. The molecular weight excluding hydrogens is 238 g/mol. The van der Waals surface area contributed by atoms with E-state index in [0.717, 1.165) is 31.6 Å². The molecule has 1 aromatic carbocycles. The van der Waals surface area contributed by atoms with Crippen molar-refractivity contribution in [3.63, 3.8) is 0 Å². The Morgan fingerprint density at radius 1 is 1.47 bits per heavy atom. The fourth-order valence-electron chi connectivity index (χ4n) is 2.53. The Morgan fingerprint density at radius 2 is 2.21 bits per heavy atom. The normalized spacial score (nSPS) is 22.9. The van der Waals surface area contributed by atoms with Gasteiger partial charge < -0.3 is 15.4 Å². The van der Waals surface area contributed by atoms with Crippen LogP contribution in [0.15, 0.2) is 30.3 Å². The van der Waals surface area contributed by atoms with E-state index in [4.69, 9.17) is 10.5 Å². The number of rotatable bonds is 5. The first-order valence-electron chi connectivity index (χ1n) is 6.69. The smallest absolute Gasteiger partial charge is 0.131 e. The van der Waals surface area contributed by atoms with Crippen LogP contribution in [0.5, 0.6) is 0 Å². The topological polar surface area (TPSA) is 62.3 Å². The molecule has 1 heterocycles. The Labute approximate surface area is 114 Å². The maximum atomic E-state index is 9.39. The van der Waals surface area contributed by atoms with Gasteiger partial charge in [0.2, 0.25) is 0 Å². The molecule has 1 aliphatic rings. The Bertz CT molecular complexity index is 442. The Morgan fingerprint density at radius 3 is 2.79 bits per heavy atom. The third-order valence-electron chi connectivity index (χ3n) is 3.87. The third-order valence-corrected chi connectivity index (χ3v) is 3.87. The number of benzene rings is 1. The molecule has 0 spiro atoms. The number of hydrogen-bond acceptors (Lipinski definition) is 4. The number of nitrogens with zero attached hydrogens (tertiary/aromatic N) is 2. The zero-order chi connectivity index (χ0) is 13.7. The van der Waals surface area contributed by atoms with Crippen LogP contribution in [0, 0.1) is 11.3 Å². The van der Waals surface area contributed by atoms with Gasteiger partial charge in [-0.2, -0.15) is 5.26 Å². The van der Waals surface area contributed by atoms with Crippen molar-refractivity contribution < 1.29 is 4.74 Å². The van der Waals surface area contributed by atoms with Crippen molar-refractivity contribution in [2.75, 3.05) is 26.7 Å². The van der Waals surface area contributed by atoms with Crippen LogP contribution >= 0.6 is 0 Å². The second-order valence-electron chi connectivity index (χ2n) is 5.15. The van der Waals surface area contributed by atoms with E-state index in [2.05, 4.69) is 11.0 Å². The van der Waals surface area contributed by atoms with Gasteiger partial charge in [-0.15, -0.1) is 0 Å². The van der Waals surface area contributed by atoms with E-state index < -0.39 is 5.54 Å². The lowest BCUT2D eigenvalue weighted by atomic mass is 9.89. The van der Waals surface area contributed by atoms with E-state index in [1.165, 1.54) is 0 Å². The van der Waals surface area contributed by atoms with E-state index in [-0.39, 0.29) is 0 Å². The summed E-state index contributed by atoms with van der Waals surface area (Å²) in [6.07, 6.45) is 2.03. The second-order valence-corrected chi connectivity index (χ2v) is 5.15. The third kappa shape index (κ3) is 3.32. The lowest BCUT2D eigenvalue weighted by Crippen LogP contribution is -2.39. The van der Waals surface area contributed by atoms with Gasteiger partial charge in [0.15, 0.2) is 0 Å². The predicted octanol–water partition coefficient (Wildman–Crippen LogP) is 1.47. The zero-order valence-electron chi connectivity index (χ0n) is 11.4. The highest BCUT2D eigenvalue weighted by Crippen LogP contribution is 2.23. The summed E-state index contributed by atoms with van der Waals surface area (Å²) in [5.74, 6) is 0. The van der Waals surface area contributed by atoms with E-state index in [0.29, 0.717) is 12.5 Å². The van der Waals surface area contributed by atoms with Crippen LogP contribution in [0.2, 0.25) is 0 Å². The van der Waals surface area contributed by atoms with E-state index in [1.807, 2.05) is 30.3 Å². The average molecular weight is 259 g/mol. The van der Waals surface area contributed by atoms with Gasteiger partial charge in [-0.25, -0.2) is 0 Å². The molecule has 4 heteroatoms. The number of ether oxygens (including phenoxy) is 1. The van der Waals surface area contributed by atoms with Crippen molar-refractivity contribution in [2.45, 2.75) is 24.5 Å². The Kier molecular flexibility index (Phi) is 4.54. The van der Waals surface area contributed by atoms with Crippen LogP contribution in [0.25, 0.3) is 0 Å². The number of nitriles is 1. The van der Waals surface area contributed by atoms with Gasteiger partial charge in [-0.1, -0.05) is 30.3 Å². The van der Waals surface area contributed by atoms with Gasteiger partial charge in [0, 0.05) is 26.7 Å². The highest BCUT2D eigenvalue weighted by Gasteiger charge is 2.29. The molecule has 1 saturated heterocycles. The van der Waals surface area contributed by atoms with Crippen LogP contribution in [0.1, 0.15) is 18.4 Å². The van der Waals surface area contributed by atoms with E-state index in [1.54, 1.807) is 7.11 Å². The summed E-state index contributed by atoms with van der Waals surface area (Å²) in [7, 11) is 1.75. The molecule has 1 aliphatic heterocycles. The molecule has 2 N–H and O–H groups in total. The first-order chi connectivity index (χ1) is 9.18. The minimum Gasteiger partial charge on any atom is -0.380 e. The molecule has 2 rings (SSSR count). The summed E-state index contributed by atoms with van der Waals surface area (Å²) in [4.78, 5) is 2.32. The molecule has 0 aromatic heterocycles. The summed E-state index contributed by atoms with van der Waals surface area (Å²) >= 11 is 0. The standard InChI is InChI=1S/C15H21N3O/c1-19-14-7-9-18(11-14)10-8-15(17,12-16)13-5-3-2-4-6-13/h2-6,14H,7-11,17H2,1H3. The minimum absolute atomic E-state index is 0.325. The fourth-order valence-corrected chi connectivity index (χ4v) is 2.53. The van der Waals surface area contributed by atoms with E-state index >= 15 is 0 Å². The molecule has 4 nitrogen and oxygen atoms in total. The lowest BCUT2D eigenvalue weighted by molar-refractivity contribution is 0.107. The van der Waals surface area contributed by atoms with Crippen molar-refractivity contribution in [1.82, 2.24) is 4.90 Å². The molecule has 1 fully saturated rings. The number of likely N-dealkylation sites (tertiary alicyclic amines) is 1. The van der Waals surface area contributed by atoms with Gasteiger partial charge in [0.1, 0.15) is 5.54 Å². The highest BCUT2D eigenvalue weighted by molar-refractivity contribution is 5.30. The highest BCUT2D eigenvalue weighted by atomic mass is 16.5. The SMILES string of the molecule is COC1CCN(CCC(N)(C#N)c2ccccc2)C1. The summed E-state index contributed by atoms with van der Waals surface area (Å²) in [5.41, 5.74) is 6.24. The van der Waals surface area contributed by atoms with Crippen LogP contribution in [0.4, 0.5) is 0 Å². The maximum Gasteiger partial charge on any atom is 0.131 e. The number of hydrogen-bond donors (Lipinski definition) is 1. The Balaban J connectivity index is 1.95. The zero-order valence-corrected chi connectivity index (χ0v) is 11.4. The molecule has 0 aliphatic carbocycles. The molecule has 0 radical (unpaired) electrons. The van der Waals surface area contributed by atoms with E-state index in [9.17, 15) is 5.26 Å². The minimum atomic E-state index is -0.896. The van der Waals surface area contributed by atoms with Gasteiger partial charge in [0.05, 0.1) is 12.2 Å². The molecule has 0 saturated carbocycles. The lowest BCUT2D eigenvalue weighted by Gasteiger charge is -2.25. The predicted molar refractivity (Wildman–Crippen MR) is 74.4 cm³/mol. The summed E-state index contributed by atoms with van der Waals surface area (Å²) in [6.45, 7) is 2.79. The van der Waals surface area contributed by atoms with Crippen LogP contribution < -0.4 is 5.73 Å². The molecule has 0 amide bonds. The summed E-state index contributed by atoms with van der Waals surface area (Å²) in [6, 6.07) is 11.9. The molecular formula is C15H21N3O. The molecule has 19 heavy (non-hydrogen) atoms. The average Bonchev–Trinajstić information content (AvgIpc) is 2.94. The van der Waals surface area contributed by atoms with Crippen molar-refractivity contribution in [1.29, 1.82) is 5.26 Å². The van der Waals surface area contributed by atoms with Gasteiger partial charge in [0.25, 0.3) is 0 Å². The molecule has 102 valence electrons. The number of methoxy groups -OCH3 is 1. The van der Waals surface area contributed by atoms with Crippen molar-refractivity contribution in [3.05, 3.63) is 35.9 Å². The quantitative estimate of drug-likeness (QED) is 0.870. The molecule has 2 atom stereocenters. The second kappa shape index (κ2) is 6.16. The van der Waals surface area contributed by atoms with Gasteiger partial charge >= 0.3 is 0 Å². The van der Waals surface area contributed by atoms with Crippen molar-refractivity contribution in [2.24, 2.45) is 5.73 Å². The van der Waals surface area contributed by atoms with Crippen LogP contribution in [-0.4, -0.2) is 37.7 Å². The fraction of sp³-hybridized carbons (Fsp3) is 0.533. The largest absolute Gasteiger partial charge is 0.380 e. The summed E-state index contributed by atoms with van der Waals surface area (Å²) < 4.78 is 5.35. The van der Waals surface area contributed by atoms with Gasteiger partial charge in [-0.05, 0) is 18.4 Å². The first kappa shape index (κ1) is 14.0. The molecule has 0 bridgehead atoms.